The number of aryl methyl sites for hydroxylation is 1. The molecule has 1 amide bonds. The molecule has 0 atom stereocenters. The van der Waals surface area contributed by atoms with Crippen molar-refractivity contribution in [1.82, 2.24) is 15.1 Å². The van der Waals surface area contributed by atoms with Gasteiger partial charge in [-0.1, -0.05) is 24.3 Å². The number of carbonyl (C=O) groups is 1. The van der Waals surface area contributed by atoms with Crippen molar-refractivity contribution in [3.63, 3.8) is 0 Å². The second-order valence-corrected chi connectivity index (χ2v) is 5.97. The van der Waals surface area contributed by atoms with Crippen LogP contribution in [0.2, 0.25) is 0 Å². The van der Waals surface area contributed by atoms with Crippen molar-refractivity contribution < 1.29 is 18.0 Å². The van der Waals surface area contributed by atoms with Crippen molar-refractivity contribution in [3.8, 4) is 0 Å². The smallest absolute Gasteiger partial charge is 0.352 e. The molecule has 27 heavy (non-hydrogen) atoms. The van der Waals surface area contributed by atoms with Gasteiger partial charge in [-0.05, 0) is 29.8 Å². The first-order valence-electron chi connectivity index (χ1n) is 8.22. The van der Waals surface area contributed by atoms with Crippen molar-refractivity contribution in [2.75, 3.05) is 0 Å². The highest BCUT2D eigenvalue weighted by Crippen LogP contribution is 2.29. The summed E-state index contributed by atoms with van der Waals surface area (Å²) in [4.78, 5) is 23.8. The minimum Gasteiger partial charge on any atom is -0.352 e. The Kier molecular flexibility index (Phi) is 5.25. The quantitative estimate of drug-likeness (QED) is 0.745. The lowest BCUT2D eigenvalue weighted by Crippen LogP contribution is -2.25. The van der Waals surface area contributed by atoms with E-state index in [0.717, 1.165) is 12.1 Å². The number of amides is 1. The average Bonchev–Trinajstić information content (AvgIpc) is 2.66. The molecule has 0 bridgehead atoms. The summed E-state index contributed by atoms with van der Waals surface area (Å²) in [6.07, 6.45) is -3.14. The second-order valence-electron chi connectivity index (χ2n) is 5.97. The Labute approximate surface area is 152 Å². The number of nitrogens with one attached hydrogen (secondary N) is 1. The molecule has 140 valence electrons. The fourth-order valence-corrected chi connectivity index (χ4v) is 2.69. The number of benzene rings is 2. The van der Waals surface area contributed by atoms with Crippen molar-refractivity contribution >= 4 is 16.8 Å². The van der Waals surface area contributed by atoms with E-state index in [0.29, 0.717) is 16.5 Å². The van der Waals surface area contributed by atoms with E-state index >= 15 is 0 Å². The van der Waals surface area contributed by atoms with Gasteiger partial charge in [-0.3, -0.25) is 14.3 Å². The Bertz CT molecular complexity index is 1030. The van der Waals surface area contributed by atoms with Crippen molar-refractivity contribution in [1.29, 1.82) is 0 Å². The SMILES string of the molecule is O=C(CCn1ncc(=O)c2ccccc21)NCc1cccc(C(F)(F)F)c1. The van der Waals surface area contributed by atoms with Crippen LogP contribution in [-0.4, -0.2) is 15.7 Å². The van der Waals surface area contributed by atoms with Crippen LogP contribution in [0.15, 0.2) is 59.5 Å². The van der Waals surface area contributed by atoms with Crippen molar-refractivity contribution in [2.24, 2.45) is 0 Å². The zero-order chi connectivity index (χ0) is 19.4. The van der Waals surface area contributed by atoms with E-state index in [-0.39, 0.29) is 30.8 Å². The average molecular weight is 375 g/mol. The number of fused-ring (bicyclic) bond motifs is 1. The number of carbonyl (C=O) groups excluding carboxylic acids is 1. The van der Waals surface area contributed by atoms with Gasteiger partial charge >= 0.3 is 6.18 Å². The topological polar surface area (TPSA) is 64.0 Å². The van der Waals surface area contributed by atoms with E-state index in [1.54, 1.807) is 28.9 Å². The number of hydrogen-bond acceptors (Lipinski definition) is 3. The van der Waals surface area contributed by atoms with Gasteiger partial charge < -0.3 is 5.32 Å². The zero-order valence-electron chi connectivity index (χ0n) is 14.2. The first kappa shape index (κ1) is 18.6. The molecule has 1 aromatic heterocycles. The number of hydrogen-bond donors (Lipinski definition) is 1. The van der Waals surface area contributed by atoms with Crippen LogP contribution >= 0.6 is 0 Å². The lowest BCUT2D eigenvalue weighted by molar-refractivity contribution is -0.137. The third kappa shape index (κ3) is 4.52. The summed E-state index contributed by atoms with van der Waals surface area (Å²) in [5.74, 6) is -0.322. The highest BCUT2D eigenvalue weighted by molar-refractivity contribution is 5.79. The number of para-hydroxylation sites is 1. The summed E-state index contributed by atoms with van der Waals surface area (Å²) >= 11 is 0. The predicted octanol–water partition coefficient (Wildman–Crippen LogP) is 3.12. The van der Waals surface area contributed by atoms with Crippen LogP contribution in [0.3, 0.4) is 0 Å². The van der Waals surface area contributed by atoms with Crippen molar-refractivity contribution in [2.45, 2.75) is 25.7 Å². The summed E-state index contributed by atoms with van der Waals surface area (Å²) in [6, 6.07) is 11.8. The van der Waals surface area contributed by atoms with Gasteiger partial charge in [0.05, 0.1) is 23.8 Å². The lowest BCUT2D eigenvalue weighted by Gasteiger charge is -2.11. The molecular weight excluding hydrogens is 359 g/mol. The highest BCUT2D eigenvalue weighted by atomic mass is 19.4. The number of rotatable bonds is 5. The van der Waals surface area contributed by atoms with E-state index in [1.807, 2.05) is 0 Å². The maximum atomic E-state index is 12.7. The summed E-state index contributed by atoms with van der Waals surface area (Å²) in [6.45, 7) is 0.246. The summed E-state index contributed by atoms with van der Waals surface area (Å²) in [5, 5.41) is 7.14. The molecule has 0 saturated heterocycles. The number of nitrogens with zero attached hydrogens (tertiary/aromatic N) is 2. The minimum absolute atomic E-state index is 0.00109. The fraction of sp³-hybridized carbons (Fsp3) is 0.211. The summed E-state index contributed by atoms with van der Waals surface area (Å²) < 4.78 is 39.7. The van der Waals surface area contributed by atoms with Crippen molar-refractivity contribution in [3.05, 3.63) is 76.1 Å². The highest BCUT2D eigenvalue weighted by Gasteiger charge is 2.30. The Morgan fingerprint density at radius 3 is 2.67 bits per heavy atom. The number of halogens is 3. The summed E-state index contributed by atoms with van der Waals surface area (Å²) in [5.41, 5.74) is 0.0369. The van der Waals surface area contributed by atoms with E-state index in [9.17, 15) is 22.8 Å². The monoisotopic (exact) mass is 375 g/mol. The third-order valence-corrected chi connectivity index (χ3v) is 4.06. The number of alkyl halides is 3. The minimum atomic E-state index is -4.42. The van der Waals surface area contributed by atoms with Gasteiger partial charge in [0.2, 0.25) is 11.3 Å². The van der Waals surface area contributed by atoms with Gasteiger partial charge in [0, 0.05) is 18.4 Å². The molecule has 8 heteroatoms. The van der Waals surface area contributed by atoms with Gasteiger partial charge in [0.25, 0.3) is 0 Å². The van der Waals surface area contributed by atoms with Crippen LogP contribution in [0.5, 0.6) is 0 Å². The van der Waals surface area contributed by atoms with E-state index in [4.69, 9.17) is 0 Å². The Hall–Kier alpha value is -3.16. The van der Waals surface area contributed by atoms with E-state index in [2.05, 4.69) is 10.4 Å². The molecule has 0 fully saturated rings. The molecular formula is C19H16F3N3O2. The molecule has 0 aliphatic rings. The molecule has 1 heterocycles. The van der Waals surface area contributed by atoms with Gasteiger partial charge in [-0.15, -0.1) is 0 Å². The van der Waals surface area contributed by atoms with Gasteiger partial charge in [0.15, 0.2) is 0 Å². The molecule has 3 aromatic rings. The van der Waals surface area contributed by atoms with E-state index in [1.165, 1.54) is 18.3 Å². The maximum absolute atomic E-state index is 12.7. The standard InChI is InChI=1S/C19H16F3N3O2/c20-19(21,22)14-5-3-4-13(10-14)11-23-18(27)8-9-25-16-7-2-1-6-15(16)17(26)12-24-25/h1-7,10,12H,8-9,11H2,(H,23,27). The fourth-order valence-electron chi connectivity index (χ4n) is 2.69. The molecule has 0 saturated carbocycles. The first-order valence-corrected chi connectivity index (χ1v) is 8.22. The second kappa shape index (κ2) is 7.61. The Morgan fingerprint density at radius 2 is 1.89 bits per heavy atom. The molecule has 3 rings (SSSR count). The third-order valence-electron chi connectivity index (χ3n) is 4.06. The van der Waals surface area contributed by atoms with Gasteiger partial charge in [0.1, 0.15) is 0 Å². The van der Waals surface area contributed by atoms with E-state index < -0.39 is 11.7 Å². The Balaban J connectivity index is 1.61. The molecule has 0 aliphatic carbocycles. The molecule has 1 N–H and O–H groups in total. The molecule has 2 aromatic carbocycles. The molecule has 5 nitrogen and oxygen atoms in total. The molecule has 0 unspecified atom stereocenters. The van der Waals surface area contributed by atoms with Crippen LogP contribution in [0.4, 0.5) is 13.2 Å². The lowest BCUT2D eigenvalue weighted by atomic mass is 10.1. The molecule has 0 radical (unpaired) electrons. The van der Waals surface area contributed by atoms with Crippen LogP contribution in [0.1, 0.15) is 17.5 Å². The number of aromatic nitrogens is 2. The summed E-state index contributed by atoms with van der Waals surface area (Å²) in [7, 11) is 0. The van der Waals surface area contributed by atoms with Crippen LogP contribution in [0.25, 0.3) is 10.9 Å². The normalized spacial score (nSPS) is 11.5. The largest absolute Gasteiger partial charge is 0.416 e. The zero-order valence-corrected chi connectivity index (χ0v) is 14.2. The predicted molar refractivity (Wildman–Crippen MR) is 93.9 cm³/mol. The first-order chi connectivity index (χ1) is 12.8. The van der Waals surface area contributed by atoms with Gasteiger partial charge in [-0.2, -0.15) is 18.3 Å². The van der Waals surface area contributed by atoms with Crippen LogP contribution in [-0.2, 0) is 24.1 Å². The molecule has 0 spiro atoms. The maximum Gasteiger partial charge on any atom is 0.416 e. The van der Waals surface area contributed by atoms with Crippen LogP contribution < -0.4 is 10.7 Å². The Morgan fingerprint density at radius 1 is 1.11 bits per heavy atom. The van der Waals surface area contributed by atoms with Crippen LogP contribution in [0, 0.1) is 0 Å². The molecule has 0 aliphatic heterocycles. The van der Waals surface area contributed by atoms with Gasteiger partial charge in [-0.25, -0.2) is 0 Å².